The third kappa shape index (κ3) is 7.47. The van der Waals surface area contributed by atoms with E-state index in [9.17, 15) is 9.59 Å². The van der Waals surface area contributed by atoms with Gasteiger partial charge >= 0.3 is 6.03 Å². The van der Waals surface area contributed by atoms with Crippen molar-refractivity contribution in [3.8, 4) is 0 Å². The summed E-state index contributed by atoms with van der Waals surface area (Å²) in [6, 6.07) is -0.373. The molecule has 2 aliphatic carbocycles. The summed E-state index contributed by atoms with van der Waals surface area (Å²) in [7, 11) is 1.96. The molecule has 3 amide bonds. The Morgan fingerprint density at radius 2 is 1.96 bits per heavy atom. The Bertz CT molecular complexity index is 442. The van der Waals surface area contributed by atoms with E-state index in [1.807, 2.05) is 11.9 Å². The predicted octanol–water partition coefficient (Wildman–Crippen LogP) is 3.21. The molecule has 1 saturated carbocycles. The molecule has 24 heavy (non-hydrogen) atoms. The maximum atomic E-state index is 11.9. The molecule has 0 atom stereocenters. The molecule has 0 heterocycles. The lowest BCUT2D eigenvalue weighted by Crippen LogP contribution is -2.44. The first kappa shape index (κ1) is 19.0. The SMILES string of the molecule is CN(CC(=O)NC(=O)NCCC1=CCCCC1)CC1CCCCC1. The smallest absolute Gasteiger partial charge is 0.321 e. The minimum atomic E-state index is -0.373. The number of amides is 3. The van der Waals surface area contributed by atoms with E-state index in [2.05, 4.69) is 16.7 Å². The Morgan fingerprint density at radius 3 is 2.67 bits per heavy atom. The average Bonchev–Trinajstić information content (AvgIpc) is 2.56. The Labute approximate surface area is 146 Å². The summed E-state index contributed by atoms with van der Waals surface area (Å²) in [5.41, 5.74) is 1.43. The summed E-state index contributed by atoms with van der Waals surface area (Å²) in [4.78, 5) is 25.8. The predicted molar refractivity (Wildman–Crippen MR) is 96.8 cm³/mol. The van der Waals surface area contributed by atoms with E-state index in [1.54, 1.807) is 0 Å². The van der Waals surface area contributed by atoms with Crippen molar-refractivity contribution in [2.75, 3.05) is 26.7 Å². The van der Waals surface area contributed by atoms with Crippen LogP contribution in [-0.2, 0) is 4.79 Å². The number of carbonyl (C=O) groups excluding carboxylic acids is 2. The number of likely N-dealkylation sites (N-methyl/N-ethyl adjacent to an activating group) is 1. The molecule has 1 fully saturated rings. The number of urea groups is 1. The zero-order chi connectivity index (χ0) is 17.2. The molecule has 5 nitrogen and oxygen atoms in total. The van der Waals surface area contributed by atoms with Gasteiger partial charge in [0.2, 0.25) is 5.91 Å². The molecule has 0 aliphatic heterocycles. The van der Waals surface area contributed by atoms with Crippen molar-refractivity contribution in [3.05, 3.63) is 11.6 Å². The number of hydrogen-bond acceptors (Lipinski definition) is 3. The summed E-state index contributed by atoms with van der Waals surface area (Å²) in [5.74, 6) is 0.483. The van der Waals surface area contributed by atoms with Gasteiger partial charge in [0.05, 0.1) is 6.54 Å². The molecular weight excluding hydrogens is 302 g/mol. The maximum Gasteiger partial charge on any atom is 0.321 e. The summed E-state index contributed by atoms with van der Waals surface area (Å²) in [6.07, 6.45) is 14.5. The number of rotatable bonds is 7. The van der Waals surface area contributed by atoms with Gasteiger partial charge in [-0.1, -0.05) is 30.9 Å². The zero-order valence-electron chi connectivity index (χ0n) is 15.1. The van der Waals surface area contributed by atoms with Crippen molar-refractivity contribution in [1.29, 1.82) is 0 Å². The summed E-state index contributed by atoms with van der Waals surface area (Å²) >= 11 is 0. The third-order valence-electron chi connectivity index (χ3n) is 5.08. The molecule has 2 rings (SSSR count). The Morgan fingerprint density at radius 1 is 1.17 bits per heavy atom. The monoisotopic (exact) mass is 335 g/mol. The fraction of sp³-hybridized carbons (Fsp3) is 0.789. The molecule has 2 aliphatic rings. The lowest BCUT2D eigenvalue weighted by Gasteiger charge is -2.26. The number of carbonyl (C=O) groups is 2. The van der Waals surface area contributed by atoms with Crippen LogP contribution in [0.2, 0.25) is 0 Å². The van der Waals surface area contributed by atoms with Crippen LogP contribution in [0.15, 0.2) is 11.6 Å². The molecule has 0 unspecified atom stereocenters. The molecule has 0 saturated heterocycles. The second-order valence-corrected chi connectivity index (χ2v) is 7.36. The van der Waals surface area contributed by atoms with Crippen molar-refractivity contribution >= 4 is 11.9 Å². The molecule has 2 N–H and O–H groups in total. The van der Waals surface area contributed by atoms with Gasteiger partial charge in [-0.25, -0.2) is 4.79 Å². The molecular formula is C19H33N3O2. The van der Waals surface area contributed by atoms with Gasteiger partial charge in [-0.3, -0.25) is 15.0 Å². The van der Waals surface area contributed by atoms with Crippen LogP contribution in [0.3, 0.4) is 0 Å². The van der Waals surface area contributed by atoms with Crippen molar-refractivity contribution in [3.63, 3.8) is 0 Å². The molecule has 0 bridgehead atoms. The minimum Gasteiger partial charge on any atom is -0.337 e. The zero-order valence-corrected chi connectivity index (χ0v) is 15.1. The summed E-state index contributed by atoms with van der Waals surface area (Å²) < 4.78 is 0. The van der Waals surface area contributed by atoms with Crippen LogP contribution in [0.25, 0.3) is 0 Å². The van der Waals surface area contributed by atoms with Crippen LogP contribution in [-0.4, -0.2) is 43.5 Å². The first-order valence-corrected chi connectivity index (χ1v) is 9.57. The molecule has 136 valence electrons. The first-order chi connectivity index (χ1) is 11.6. The highest BCUT2D eigenvalue weighted by Gasteiger charge is 2.17. The van der Waals surface area contributed by atoms with Crippen LogP contribution in [0.5, 0.6) is 0 Å². The fourth-order valence-corrected chi connectivity index (χ4v) is 3.80. The van der Waals surface area contributed by atoms with Crippen LogP contribution < -0.4 is 10.6 Å². The highest BCUT2D eigenvalue weighted by atomic mass is 16.2. The van der Waals surface area contributed by atoms with Gasteiger partial charge in [0.15, 0.2) is 0 Å². The number of allylic oxidation sites excluding steroid dienone is 1. The second kappa shape index (κ2) is 10.5. The first-order valence-electron chi connectivity index (χ1n) is 9.57. The van der Waals surface area contributed by atoms with Gasteiger partial charge < -0.3 is 5.32 Å². The van der Waals surface area contributed by atoms with E-state index in [1.165, 1.54) is 50.5 Å². The van der Waals surface area contributed by atoms with Crippen LogP contribution in [0, 0.1) is 5.92 Å². The van der Waals surface area contributed by atoms with E-state index in [4.69, 9.17) is 0 Å². The number of nitrogens with one attached hydrogen (secondary N) is 2. The highest BCUT2D eigenvalue weighted by molar-refractivity contribution is 5.95. The summed E-state index contributed by atoms with van der Waals surface area (Å²) in [5, 5.41) is 5.22. The van der Waals surface area contributed by atoms with Gasteiger partial charge in [0, 0.05) is 13.1 Å². The highest BCUT2D eigenvalue weighted by Crippen LogP contribution is 2.24. The van der Waals surface area contributed by atoms with Crippen molar-refractivity contribution in [2.45, 2.75) is 64.2 Å². The third-order valence-corrected chi connectivity index (χ3v) is 5.08. The van der Waals surface area contributed by atoms with E-state index >= 15 is 0 Å². The van der Waals surface area contributed by atoms with Crippen molar-refractivity contribution < 1.29 is 9.59 Å². The summed E-state index contributed by atoms with van der Waals surface area (Å²) in [6.45, 7) is 1.83. The lowest BCUT2D eigenvalue weighted by molar-refractivity contribution is -0.121. The number of imide groups is 1. The quantitative estimate of drug-likeness (QED) is 0.702. The topological polar surface area (TPSA) is 61.4 Å². The average molecular weight is 335 g/mol. The standard InChI is InChI=1S/C19H33N3O2/c1-22(14-17-10-6-3-7-11-17)15-18(23)21-19(24)20-13-12-16-8-4-2-5-9-16/h8,17H,2-7,9-15H2,1H3,(H2,20,21,23,24). The van der Waals surface area contributed by atoms with Gasteiger partial charge in [-0.2, -0.15) is 0 Å². The lowest BCUT2D eigenvalue weighted by atomic mass is 9.89. The van der Waals surface area contributed by atoms with Crippen LogP contribution in [0.4, 0.5) is 4.79 Å². The maximum absolute atomic E-state index is 11.9. The van der Waals surface area contributed by atoms with Gasteiger partial charge in [-0.15, -0.1) is 0 Å². The van der Waals surface area contributed by atoms with Crippen molar-refractivity contribution in [2.24, 2.45) is 5.92 Å². The molecule has 0 aromatic rings. The van der Waals surface area contributed by atoms with E-state index in [0.29, 0.717) is 12.5 Å². The van der Waals surface area contributed by atoms with Crippen molar-refractivity contribution in [1.82, 2.24) is 15.5 Å². The van der Waals surface area contributed by atoms with E-state index in [-0.39, 0.29) is 18.5 Å². The van der Waals surface area contributed by atoms with Crippen LogP contribution >= 0.6 is 0 Å². The second-order valence-electron chi connectivity index (χ2n) is 7.36. The normalized spacial score (nSPS) is 19.0. The Hall–Kier alpha value is -1.36. The molecule has 0 radical (unpaired) electrons. The minimum absolute atomic E-state index is 0.220. The fourth-order valence-electron chi connectivity index (χ4n) is 3.80. The van der Waals surface area contributed by atoms with Crippen LogP contribution in [0.1, 0.15) is 64.2 Å². The number of nitrogens with zero attached hydrogens (tertiary/aromatic N) is 1. The largest absolute Gasteiger partial charge is 0.337 e. The molecule has 5 heteroatoms. The molecule has 0 aromatic heterocycles. The molecule has 0 spiro atoms. The van der Waals surface area contributed by atoms with Gasteiger partial charge in [0.25, 0.3) is 0 Å². The van der Waals surface area contributed by atoms with E-state index in [0.717, 1.165) is 25.8 Å². The Balaban J connectivity index is 1.56. The Kier molecular flexibility index (Phi) is 8.29. The van der Waals surface area contributed by atoms with E-state index < -0.39 is 0 Å². The van der Waals surface area contributed by atoms with Gasteiger partial charge in [-0.05, 0) is 57.9 Å². The molecule has 0 aromatic carbocycles. The van der Waals surface area contributed by atoms with Gasteiger partial charge in [0.1, 0.15) is 0 Å². The number of hydrogen-bond donors (Lipinski definition) is 2.